The van der Waals surface area contributed by atoms with Crippen LogP contribution in [0.5, 0.6) is 23.0 Å². The molecular weight excluding hydrogens is 737 g/mol. The molecule has 8 atom stereocenters. The van der Waals surface area contributed by atoms with Gasteiger partial charge in [-0.2, -0.15) is 0 Å². The first-order chi connectivity index (χ1) is 28.4. The molecule has 0 saturated carbocycles. The minimum Gasteiger partial charge on any atom is -0.508 e. The van der Waals surface area contributed by atoms with Crippen LogP contribution in [0.25, 0.3) is 0 Å². The molecule has 336 valence electrons. The van der Waals surface area contributed by atoms with Crippen LogP contribution in [0.1, 0.15) is 254 Å². The van der Waals surface area contributed by atoms with Crippen LogP contribution in [0.3, 0.4) is 0 Å². The quantitative estimate of drug-likeness (QED) is 0.0907. The zero-order valence-electron chi connectivity index (χ0n) is 41.0. The number of aromatic hydroxyl groups is 4. The highest BCUT2D eigenvalue weighted by Crippen LogP contribution is 2.41. The zero-order chi connectivity index (χ0) is 45.7. The predicted molar refractivity (Wildman–Crippen MR) is 262 cm³/mol. The van der Waals surface area contributed by atoms with Crippen molar-refractivity contribution >= 4 is 0 Å². The van der Waals surface area contributed by atoms with Crippen molar-refractivity contribution in [3.8, 4) is 23.0 Å². The van der Waals surface area contributed by atoms with Crippen molar-refractivity contribution in [2.24, 2.45) is 0 Å². The first kappa shape index (κ1) is 54.1. The largest absolute Gasteiger partial charge is 0.508 e. The zero-order valence-corrected chi connectivity index (χ0v) is 41.0. The molecule has 60 heavy (non-hydrogen) atoms. The van der Waals surface area contributed by atoms with Crippen molar-refractivity contribution in [1.82, 2.24) is 0 Å². The predicted octanol–water partition coefficient (Wildman–Crippen LogP) is 17.7. The van der Waals surface area contributed by atoms with Gasteiger partial charge in [-0.3, -0.25) is 0 Å². The fourth-order valence-corrected chi connectivity index (χ4v) is 7.44. The van der Waals surface area contributed by atoms with Crippen LogP contribution >= 0.6 is 0 Å². The Kier molecular flexibility index (Phi) is 25.1. The Balaban J connectivity index is 0.000000406. The number of phenols is 4. The minimum absolute atomic E-state index is 0.418. The fraction of sp³-hybridized carbons (Fsp3) is 0.571. The summed E-state index contributed by atoms with van der Waals surface area (Å²) >= 11 is 0. The van der Waals surface area contributed by atoms with Crippen molar-refractivity contribution < 1.29 is 20.4 Å². The van der Waals surface area contributed by atoms with Crippen molar-refractivity contribution in [3.63, 3.8) is 0 Å². The summed E-state index contributed by atoms with van der Waals surface area (Å²) in [6.45, 7) is 35.1. The van der Waals surface area contributed by atoms with Gasteiger partial charge in [0.1, 0.15) is 23.0 Å². The lowest BCUT2D eigenvalue weighted by molar-refractivity contribution is 0.449. The monoisotopic (exact) mass is 825 g/mol. The summed E-state index contributed by atoms with van der Waals surface area (Å²) in [7, 11) is 0. The summed E-state index contributed by atoms with van der Waals surface area (Å²) < 4.78 is 0. The molecule has 0 aliphatic carbocycles. The molecule has 0 bridgehead atoms. The molecule has 8 unspecified atom stereocenters. The molecule has 4 N–H and O–H groups in total. The van der Waals surface area contributed by atoms with E-state index in [4.69, 9.17) is 0 Å². The van der Waals surface area contributed by atoms with E-state index in [1.807, 2.05) is 48.5 Å². The molecule has 0 amide bonds. The van der Waals surface area contributed by atoms with Crippen molar-refractivity contribution in [2.75, 3.05) is 0 Å². The summed E-state index contributed by atoms with van der Waals surface area (Å²) in [6.07, 6.45) is 8.75. The average Bonchev–Trinajstić information content (AvgIpc) is 3.27. The molecule has 4 rings (SSSR count). The number of benzene rings is 4. The van der Waals surface area contributed by atoms with E-state index >= 15 is 0 Å². The second-order valence-electron chi connectivity index (χ2n) is 17.6. The van der Waals surface area contributed by atoms with E-state index in [0.29, 0.717) is 70.3 Å². The molecule has 0 radical (unpaired) electrons. The molecule has 0 aromatic heterocycles. The summed E-state index contributed by atoms with van der Waals surface area (Å²) in [6, 6.07) is 23.7. The highest BCUT2D eigenvalue weighted by molar-refractivity contribution is 5.49. The number of rotatable bonds is 16. The SMILES string of the molecule is CCC(C)c1ccc(O)c(C(C)CC)c1.CCC(C)c1ccc(O)c(C(C)CC)c1C(C)CC.CCC(C)c1cccc(C(C)CC)c1O.CCC(C)c1ccccc1O. The van der Waals surface area contributed by atoms with Crippen molar-refractivity contribution in [1.29, 1.82) is 0 Å². The Morgan fingerprint density at radius 1 is 0.317 bits per heavy atom. The molecule has 4 nitrogen and oxygen atoms in total. The number of hydrogen-bond acceptors (Lipinski definition) is 4. The highest BCUT2D eigenvalue weighted by atomic mass is 16.3. The Morgan fingerprint density at radius 2 is 0.683 bits per heavy atom. The van der Waals surface area contributed by atoms with Gasteiger partial charge >= 0.3 is 0 Å². The molecule has 0 spiro atoms. The van der Waals surface area contributed by atoms with E-state index < -0.39 is 0 Å². The van der Waals surface area contributed by atoms with E-state index in [-0.39, 0.29) is 0 Å². The van der Waals surface area contributed by atoms with Crippen LogP contribution in [-0.4, -0.2) is 20.4 Å². The smallest absolute Gasteiger partial charge is 0.122 e. The first-order valence-electron chi connectivity index (χ1n) is 23.7. The van der Waals surface area contributed by atoms with Gasteiger partial charge in [0.05, 0.1) is 0 Å². The van der Waals surface area contributed by atoms with Crippen LogP contribution in [0.2, 0.25) is 0 Å². The topological polar surface area (TPSA) is 80.9 Å². The normalized spacial score (nSPS) is 14.9. The average molecular weight is 825 g/mol. The van der Waals surface area contributed by atoms with Gasteiger partial charge in [0.25, 0.3) is 0 Å². The van der Waals surface area contributed by atoms with Gasteiger partial charge in [0.15, 0.2) is 0 Å². The second-order valence-corrected chi connectivity index (χ2v) is 17.6. The van der Waals surface area contributed by atoms with Gasteiger partial charge in [-0.1, -0.05) is 165 Å². The summed E-state index contributed by atoms with van der Waals surface area (Å²) in [5.41, 5.74) is 9.70. The number of phenolic OH excluding ortho intramolecular Hbond substituents is 4. The molecule has 0 heterocycles. The Morgan fingerprint density at radius 3 is 1.15 bits per heavy atom. The summed E-state index contributed by atoms with van der Waals surface area (Å²) in [4.78, 5) is 0. The third-order valence-corrected chi connectivity index (χ3v) is 13.5. The van der Waals surface area contributed by atoms with Gasteiger partial charge in [-0.15, -0.1) is 0 Å². The maximum atomic E-state index is 10.3. The number of hydrogen-bond donors (Lipinski definition) is 4. The van der Waals surface area contributed by atoms with Gasteiger partial charge in [-0.05, 0) is 156 Å². The molecule has 0 saturated heterocycles. The van der Waals surface area contributed by atoms with Crippen LogP contribution in [0.15, 0.2) is 72.8 Å². The second kappa shape index (κ2) is 27.8. The summed E-state index contributed by atoms with van der Waals surface area (Å²) in [5, 5.41) is 39.7. The van der Waals surface area contributed by atoms with Crippen molar-refractivity contribution in [2.45, 2.75) is 209 Å². The van der Waals surface area contributed by atoms with Crippen LogP contribution in [-0.2, 0) is 0 Å². The van der Waals surface area contributed by atoms with E-state index in [1.165, 1.54) is 22.3 Å². The Hall–Kier alpha value is -3.92. The summed E-state index contributed by atoms with van der Waals surface area (Å²) in [5.74, 6) is 5.71. The van der Waals surface area contributed by atoms with E-state index in [1.54, 1.807) is 6.07 Å². The molecule has 4 aromatic carbocycles. The van der Waals surface area contributed by atoms with Gasteiger partial charge in [-0.25, -0.2) is 0 Å². The standard InChI is InChI=1S/C18H30O.2C14H22O.C10H14O/c1-7-12(4)15-10-11-16(19)18(14(6)9-3)17(15)13(5)8-2;1-5-10(3)12-7-8-14(15)13(9-12)11(4)6-2;1-5-10(3)12-8-7-9-13(14(12)15)11(4)6-2;1-3-8(2)9-6-4-5-7-10(9)11/h10-14,19H,7-9H2,1-6H3;2*7-11,15H,5-6H2,1-4H3;4-8,11H,3H2,1-2H3. The maximum Gasteiger partial charge on any atom is 0.122 e. The fourth-order valence-electron chi connectivity index (χ4n) is 7.44. The first-order valence-corrected chi connectivity index (χ1v) is 23.7. The third kappa shape index (κ3) is 15.5. The van der Waals surface area contributed by atoms with E-state index in [2.05, 4.69) is 129 Å². The molecule has 4 heteroatoms. The Labute approximate surface area is 368 Å². The maximum absolute atomic E-state index is 10.3. The van der Waals surface area contributed by atoms with Gasteiger partial charge in [0, 0.05) is 5.56 Å². The molecule has 0 aliphatic heterocycles. The lowest BCUT2D eigenvalue weighted by Gasteiger charge is -2.26. The van der Waals surface area contributed by atoms with Crippen LogP contribution in [0.4, 0.5) is 0 Å². The Bertz CT molecular complexity index is 1750. The van der Waals surface area contributed by atoms with E-state index in [9.17, 15) is 20.4 Å². The molecule has 0 aliphatic rings. The van der Waals surface area contributed by atoms with E-state index in [0.717, 1.165) is 73.6 Å². The molecule has 4 aromatic rings. The van der Waals surface area contributed by atoms with Gasteiger partial charge in [0.2, 0.25) is 0 Å². The molecular formula is C56H88O4. The lowest BCUT2D eigenvalue weighted by atomic mass is 9.79. The van der Waals surface area contributed by atoms with Crippen molar-refractivity contribution in [3.05, 3.63) is 117 Å². The highest BCUT2D eigenvalue weighted by Gasteiger charge is 2.23. The van der Waals surface area contributed by atoms with Gasteiger partial charge < -0.3 is 20.4 Å². The van der Waals surface area contributed by atoms with Crippen LogP contribution < -0.4 is 0 Å². The lowest BCUT2D eigenvalue weighted by Crippen LogP contribution is -2.09. The van der Waals surface area contributed by atoms with Crippen LogP contribution in [0, 0.1) is 0 Å². The third-order valence-electron chi connectivity index (χ3n) is 13.5. The molecule has 0 fully saturated rings. The number of para-hydroxylation sites is 2. The minimum atomic E-state index is 0.418.